The molecule has 1 rings (SSSR count). The number of hydrogen-bond donors (Lipinski definition) is 0. The van der Waals surface area contributed by atoms with Crippen LogP contribution < -0.4 is 0 Å². The third kappa shape index (κ3) is 3.48. The first kappa shape index (κ1) is 13.0. The van der Waals surface area contributed by atoms with E-state index in [1.807, 2.05) is 30.3 Å². The van der Waals surface area contributed by atoms with Crippen LogP contribution in [0.15, 0.2) is 35.6 Å². The average molecular weight is 234 g/mol. The van der Waals surface area contributed by atoms with Gasteiger partial charge in [0.15, 0.2) is 5.78 Å². The van der Waals surface area contributed by atoms with Crippen molar-refractivity contribution in [2.24, 2.45) is 5.29 Å². The topological polar surface area (TPSA) is 66.8 Å². The van der Waals surface area contributed by atoms with Crippen molar-refractivity contribution in [2.75, 3.05) is 0 Å². The van der Waals surface area contributed by atoms with Crippen LogP contribution in [0.25, 0.3) is 0 Å². The molecule has 1 atom stereocenters. The highest BCUT2D eigenvalue weighted by Crippen LogP contribution is 2.11. The molecule has 0 heterocycles. The van der Waals surface area contributed by atoms with Gasteiger partial charge in [-0.3, -0.25) is 9.59 Å². The summed E-state index contributed by atoms with van der Waals surface area (Å²) >= 11 is 0. The van der Waals surface area contributed by atoms with Crippen LogP contribution in [-0.2, 0) is 16.0 Å². The van der Waals surface area contributed by atoms with Crippen molar-refractivity contribution in [2.45, 2.75) is 26.3 Å². The fourth-order valence-electron chi connectivity index (χ4n) is 1.57. The van der Waals surface area contributed by atoms with E-state index in [0.717, 1.165) is 5.56 Å². The third-order valence-electron chi connectivity index (χ3n) is 2.45. The highest BCUT2D eigenvalue weighted by Gasteiger charge is 2.26. The van der Waals surface area contributed by atoms with E-state index in [2.05, 4.69) is 5.29 Å². The van der Waals surface area contributed by atoms with Gasteiger partial charge in [-0.05, 0) is 12.5 Å². The lowest BCUT2D eigenvalue weighted by Crippen LogP contribution is -2.40. The van der Waals surface area contributed by atoms with Crippen molar-refractivity contribution in [3.05, 3.63) is 40.8 Å². The fourth-order valence-corrected chi connectivity index (χ4v) is 1.57. The quantitative estimate of drug-likeness (QED) is 0.575. The molecule has 0 bridgehead atoms. The van der Waals surface area contributed by atoms with Gasteiger partial charge >= 0.3 is 0 Å². The Morgan fingerprint density at radius 2 is 1.82 bits per heavy atom. The molecule has 0 fully saturated rings. The zero-order valence-corrected chi connectivity index (χ0v) is 9.79. The number of benzene rings is 1. The van der Waals surface area contributed by atoms with Gasteiger partial charge in [-0.2, -0.15) is 5.01 Å². The first-order valence-electron chi connectivity index (χ1n) is 5.23. The van der Waals surface area contributed by atoms with Crippen LogP contribution in [0.4, 0.5) is 0 Å². The molecule has 0 spiro atoms. The number of carbonyl (C=O) groups is 2. The van der Waals surface area contributed by atoms with Crippen molar-refractivity contribution in [3.8, 4) is 0 Å². The average Bonchev–Trinajstić information content (AvgIpc) is 2.29. The number of ketones is 1. The Hall–Kier alpha value is -2.04. The molecule has 0 saturated carbocycles. The van der Waals surface area contributed by atoms with Gasteiger partial charge in [-0.15, -0.1) is 4.91 Å². The summed E-state index contributed by atoms with van der Waals surface area (Å²) in [5, 5.41) is 3.31. The summed E-state index contributed by atoms with van der Waals surface area (Å²) < 4.78 is 0. The largest absolute Gasteiger partial charge is 0.298 e. The Labute approximate surface area is 99.4 Å². The second-order valence-corrected chi connectivity index (χ2v) is 3.76. The SMILES string of the molecule is CC(=O)C(Cc1ccccc1)N(N=O)C(C)=O. The number of Topliss-reactive ketones (excluding diaryl/α,β-unsaturated/α-hetero) is 1. The van der Waals surface area contributed by atoms with Crippen molar-refractivity contribution >= 4 is 11.7 Å². The van der Waals surface area contributed by atoms with E-state index in [4.69, 9.17) is 0 Å². The summed E-state index contributed by atoms with van der Waals surface area (Å²) in [5.74, 6) is -0.792. The second kappa shape index (κ2) is 5.89. The number of hydrogen-bond acceptors (Lipinski definition) is 4. The van der Waals surface area contributed by atoms with Crippen molar-refractivity contribution in [1.29, 1.82) is 0 Å². The minimum atomic E-state index is -0.826. The van der Waals surface area contributed by atoms with Gasteiger partial charge in [0.05, 0.1) is 5.29 Å². The van der Waals surface area contributed by atoms with E-state index in [-0.39, 0.29) is 5.78 Å². The van der Waals surface area contributed by atoms with Gasteiger partial charge in [-0.25, -0.2) is 0 Å². The minimum Gasteiger partial charge on any atom is -0.298 e. The van der Waals surface area contributed by atoms with Crippen LogP contribution in [0.1, 0.15) is 19.4 Å². The van der Waals surface area contributed by atoms with Crippen LogP contribution >= 0.6 is 0 Å². The zero-order valence-electron chi connectivity index (χ0n) is 9.79. The van der Waals surface area contributed by atoms with Gasteiger partial charge in [0.2, 0.25) is 5.91 Å². The highest BCUT2D eigenvalue weighted by atomic mass is 16.3. The van der Waals surface area contributed by atoms with Crippen LogP contribution in [0.5, 0.6) is 0 Å². The first-order chi connectivity index (χ1) is 8.06. The predicted octanol–water partition coefficient (Wildman–Crippen LogP) is 1.72. The predicted molar refractivity (Wildman–Crippen MR) is 62.9 cm³/mol. The van der Waals surface area contributed by atoms with E-state index in [9.17, 15) is 14.5 Å². The van der Waals surface area contributed by atoms with Crippen LogP contribution in [0, 0.1) is 4.91 Å². The lowest BCUT2D eigenvalue weighted by atomic mass is 10.0. The van der Waals surface area contributed by atoms with E-state index in [1.54, 1.807) is 0 Å². The third-order valence-corrected chi connectivity index (χ3v) is 2.45. The molecule has 17 heavy (non-hydrogen) atoms. The van der Waals surface area contributed by atoms with Crippen LogP contribution in [-0.4, -0.2) is 22.7 Å². The molecule has 5 heteroatoms. The maximum Gasteiger partial charge on any atom is 0.242 e. The summed E-state index contributed by atoms with van der Waals surface area (Å²) in [5.41, 5.74) is 0.877. The smallest absolute Gasteiger partial charge is 0.242 e. The molecule has 0 saturated heterocycles. The van der Waals surface area contributed by atoms with Gasteiger partial charge in [0, 0.05) is 13.3 Å². The molecule has 5 nitrogen and oxygen atoms in total. The highest BCUT2D eigenvalue weighted by molar-refractivity contribution is 5.86. The Bertz CT molecular complexity index is 417. The lowest BCUT2D eigenvalue weighted by molar-refractivity contribution is -0.137. The molecule has 90 valence electrons. The Morgan fingerprint density at radius 3 is 2.24 bits per heavy atom. The monoisotopic (exact) mass is 234 g/mol. The Kier molecular flexibility index (Phi) is 4.51. The van der Waals surface area contributed by atoms with Crippen LogP contribution in [0.2, 0.25) is 0 Å². The normalized spacial score (nSPS) is 11.6. The molecule has 0 aliphatic heterocycles. The summed E-state index contributed by atoms with van der Waals surface area (Å²) in [6.07, 6.45) is 0.293. The maximum atomic E-state index is 11.5. The molecule has 0 aliphatic carbocycles. The molecular formula is C12H14N2O3. The van der Waals surface area contributed by atoms with Crippen LogP contribution in [0.3, 0.4) is 0 Å². The van der Waals surface area contributed by atoms with Crippen molar-refractivity contribution in [1.82, 2.24) is 5.01 Å². The molecule has 1 amide bonds. The summed E-state index contributed by atoms with van der Waals surface area (Å²) in [7, 11) is 0. The van der Waals surface area contributed by atoms with Crippen molar-refractivity contribution < 1.29 is 9.59 Å². The first-order valence-corrected chi connectivity index (χ1v) is 5.23. The van der Waals surface area contributed by atoms with Gasteiger partial charge < -0.3 is 0 Å². The molecule has 1 unspecified atom stereocenters. The number of carbonyl (C=O) groups excluding carboxylic acids is 2. The van der Waals surface area contributed by atoms with Gasteiger partial charge in [-0.1, -0.05) is 30.3 Å². The van der Waals surface area contributed by atoms with Gasteiger partial charge in [0.1, 0.15) is 6.04 Å². The van der Waals surface area contributed by atoms with E-state index >= 15 is 0 Å². The molecule has 0 N–H and O–H groups in total. The number of rotatable bonds is 5. The molecule has 1 aromatic carbocycles. The van der Waals surface area contributed by atoms with E-state index < -0.39 is 11.9 Å². The molecule has 1 aromatic rings. The van der Waals surface area contributed by atoms with Gasteiger partial charge in [0.25, 0.3) is 0 Å². The standard InChI is InChI=1S/C12H14N2O3/c1-9(15)12(14(13-17)10(2)16)8-11-6-4-3-5-7-11/h3-7,12H,8H2,1-2H3. The fraction of sp³-hybridized carbons (Fsp3) is 0.333. The zero-order chi connectivity index (χ0) is 12.8. The molecular weight excluding hydrogens is 220 g/mol. The lowest BCUT2D eigenvalue weighted by Gasteiger charge is -2.21. The summed E-state index contributed by atoms with van der Waals surface area (Å²) in [4.78, 5) is 33.2. The summed E-state index contributed by atoms with van der Waals surface area (Å²) in [6, 6.07) is 8.36. The van der Waals surface area contributed by atoms with E-state index in [1.165, 1.54) is 13.8 Å². The molecule has 0 aliphatic rings. The Morgan fingerprint density at radius 1 is 1.24 bits per heavy atom. The van der Waals surface area contributed by atoms with E-state index in [0.29, 0.717) is 11.4 Å². The molecule has 0 radical (unpaired) electrons. The summed E-state index contributed by atoms with van der Waals surface area (Å²) in [6.45, 7) is 2.55. The van der Waals surface area contributed by atoms with Crippen molar-refractivity contribution in [3.63, 3.8) is 0 Å². The maximum absolute atomic E-state index is 11.5. The number of amides is 1. The minimum absolute atomic E-state index is 0.261. The number of nitroso groups, excluding NO2 is 1. The number of nitrogens with zero attached hydrogens (tertiary/aromatic N) is 2. The Balaban J connectivity index is 2.90. The second-order valence-electron chi connectivity index (χ2n) is 3.76. The molecule has 0 aromatic heterocycles.